The van der Waals surface area contributed by atoms with Gasteiger partial charge >= 0.3 is 17.9 Å². The van der Waals surface area contributed by atoms with Crippen molar-refractivity contribution in [1.29, 1.82) is 0 Å². The monoisotopic (exact) mass is 688 g/mol. The van der Waals surface area contributed by atoms with Crippen molar-refractivity contribution >= 4 is 17.9 Å². The van der Waals surface area contributed by atoms with E-state index in [1.807, 2.05) is 6.92 Å². The molecule has 0 saturated carbocycles. The third-order valence-corrected chi connectivity index (χ3v) is 8.76. The summed E-state index contributed by atoms with van der Waals surface area (Å²) < 4.78 is 39.6. The van der Waals surface area contributed by atoms with Crippen LogP contribution in [0.15, 0.2) is 12.2 Å². The zero-order valence-corrected chi connectivity index (χ0v) is 28.5. The van der Waals surface area contributed by atoms with E-state index in [2.05, 4.69) is 12.2 Å². The second-order valence-electron chi connectivity index (χ2n) is 12.9. The van der Waals surface area contributed by atoms with Crippen molar-refractivity contribution in [2.45, 2.75) is 172 Å². The lowest BCUT2D eigenvalue weighted by Crippen LogP contribution is -2.65. The van der Waals surface area contributed by atoms with E-state index in [-0.39, 0.29) is 19.1 Å². The molecular weight excluding hydrogens is 632 g/mol. The summed E-state index contributed by atoms with van der Waals surface area (Å²) in [6.45, 7) is 3.42. The predicted octanol–water partition coefficient (Wildman–Crippen LogP) is 2.35. The number of aliphatic hydroxyl groups is 4. The Bertz CT molecular complexity index is 1010. The summed E-state index contributed by atoms with van der Waals surface area (Å²) in [6, 6.07) is 0. The summed E-state index contributed by atoms with van der Waals surface area (Å²) >= 11 is 0. The number of ether oxygens (including phenoxy) is 7. The number of hydrogen-bond acceptors (Lipinski definition) is 14. The van der Waals surface area contributed by atoms with Gasteiger partial charge in [0.05, 0.1) is 6.10 Å². The first-order chi connectivity index (χ1) is 23.0. The fraction of sp³-hybridized carbons (Fsp3) is 0.853. The van der Waals surface area contributed by atoms with Gasteiger partial charge in [-0.05, 0) is 45.4 Å². The number of carbonyl (C=O) groups excluding carboxylic acids is 3. The number of esters is 3. The maximum absolute atomic E-state index is 12.7. The normalized spacial score (nSPS) is 37.8. The van der Waals surface area contributed by atoms with Gasteiger partial charge in [-0.3, -0.25) is 14.4 Å². The minimum atomic E-state index is -1.79. The van der Waals surface area contributed by atoms with E-state index in [1.165, 1.54) is 13.8 Å². The molecule has 0 aromatic heterocycles. The lowest BCUT2D eigenvalue weighted by atomic mass is 9.97. The molecule has 0 amide bonds. The molecule has 14 nitrogen and oxygen atoms in total. The third-order valence-electron chi connectivity index (χ3n) is 8.76. The van der Waals surface area contributed by atoms with Gasteiger partial charge in [-0.2, -0.15) is 0 Å². The van der Waals surface area contributed by atoms with E-state index in [9.17, 15) is 34.8 Å². The summed E-state index contributed by atoms with van der Waals surface area (Å²) in [7, 11) is 0. The standard InChI is InChI=1S/C34H56O14/c1-21-17-15-13-11-9-7-5-4-6-8-10-12-14-16-18-26(37)47-31-25(20-43-23(3)36)46-33(30(41)29(31)40)48-32-28(39)27(38)24(19-42-22(2)35)45-34(32)44-21/h4-5,21,24-25,27-34,38-41H,6-20H2,1-3H3/b5-4-/t21?,24?,25?,27-,28?,29?,30+,31-,32+,33+,34-/m1/s1. The highest BCUT2D eigenvalue weighted by molar-refractivity contribution is 5.69. The smallest absolute Gasteiger partial charge is 0.306 e. The Morgan fingerprint density at radius 2 is 1.21 bits per heavy atom. The first-order valence-corrected chi connectivity index (χ1v) is 17.4. The molecule has 0 aromatic rings. The Hall–Kier alpha value is -2.17. The van der Waals surface area contributed by atoms with Crippen molar-refractivity contribution in [3.05, 3.63) is 12.2 Å². The lowest BCUT2D eigenvalue weighted by molar-refractivity contribution is -0.371. The minimum absolute atomic E-state index is 0.0919. The van der Waals surface area contributed by atoms with Crippen molar-refractivity contribution in [3.63, 3.8) is 0 Å². The second kappa shape index (κ2) is 21.1. The van der Waals surface area contributed by atoms with Crippen LogP contribution in [-0.2, 0) is 47.5 Å². The fourth-order valence-electron chi connectivity index (χ4n) is 6.00. The molecule has 2 bridgehead atoms. The van der Waals surface area contributed by atoms with Gasteiger partial charge in [-0.1, -0.05) is 50.7 Å². The molecule has 48 heavy (non-hydrogen) atoms. The summed E-state index contributed by atoms with van der Waals surface area (Å²) in [4.78, 5) is 35.8. The SMILES string of the molecule is CC(=O)OCC1O[C@H]2OC(C)CCCCCC/C=C\CCCCCCCC(=O)O[C@@H]3C(COC(C)=O)O[C@@H](O[C@H]2C(O)[C@@H]1O)[C@@H](O)C3O. The van der Waals surface area contributed by atoms with Gasteiger partial charge in [-0.25, -0.2) is 0 Å². The highest BCUT2D eigenvalue weighted by atomic mass is 16.8. The van der Waals surface area contributed by atoms with Crippen LogP contribution in [0, 0.1) is 0 Å². The van der Waals surface area contributed by atoms with E-state index < -0.39 is 85.9 Å². The van der Waals surface area contributed by atoms with Gasteiger partial charge < -0.3 is 53.6 Å². The second-order valence-corrected chi connectivity index (χ2v) is 12.9. The Morgan fingerprint density at radius 1 is 0.667 bits per heavy atom. The van der Waals surface area contributed by atoms with Crippen LogP contribution in [0.1, 0.15) is 104 Å². The maximum Gasteiger partial charge on any atom is 0.306 e. The number of fused-ring (bicyclic) bond motifs is 19. The molecule has 276 valence electrons. The zero-order chi connectivity index (χ0) is 35.1. The molecule has 2 saturated heterocycles. The van der Waals surface area contributed by atoms with Gasteiger partial charge in [0.25, 0.3) is 0 Å². The van der Waals surface area contributed by atoms with Gasteiger partial charge in [0.2, 0.25) is 0 Å². The molecule has 0 spiro atoms. The molecule has 2 fully saturated rings. The van der Waals surface area contributed by atoms with Crippen molar-refractivity contribution in [2.24, 2.45) is 0 Å². The van der Waals surface area contributed by atoms with E-state index in [0.29, 0.717) is 12.8 Å². The van der Waals surface area contributed by atoms with E-state index >= 15 is 0 Å². The molecule has 4 rings (SSSR count). The van der Waals surface area contributed by atoms with Crippen LogP contribution in [0.25, 0.3) is 0 Å². The molecular formula is C34H56O14. The molecule has 4 aliphatic rings. The summed E-state index contributed by atoms with van der Waals surface area (Å²) in [6.07, 6.45) is 0.483. The zero-order valence-electron chi connectivity index (χ0n) is 28.5. The van der Waals surface area contributed by atoms with Gasteiger partial charge in [-0.15, -0.1) is 0 Å². The quantitative estimate of drug-likeness (QED) is 0.191. The molecule has 14 heteroatoms. The third kappa shape index (κ3) is 13.3. The predicted molar refractivity (Wildman–Crippen MR) is 169 cm³/mol. The Balaban J connectivity index is 1.81. The molecule has 11 atom stereocenters. The largest absolute Gasteiger partial charge is 0.463 e. The highest BCUT2D eigenvalue weighted by Crippen LogP contribution is 2.32. The summed E-state index contributed by atoms with van der Waals surface area (Å²) in [5, 5.41) is 44.2. The number of allylic oxidation sites excluding steroid dienone is 2. The highest BCUT2D eigenvalue weighted by Gasteiger charge is 2.53. The molecule has 4 N–H and O–H groups in total. The maximum atomic E-state index is 12.7. The topological polar surface area (TPSA) is 197 Å². The number of rotatable bonds is 4. The first kappa shape index (κ1) is 40.3. The molecule has 4 heterocycles. The average Bonchev–Trinajstić information content (AvgIpc) is 3.03. The van der Waals surface area contributed by atoms with Gasteiger partial charge in [0.15, 0.2) is 18.7 Å². The van der Waals surface area contributed by atoms with Crippen molar-refractivity contribution < 1.29 is 68.0 Å². The summed E-state index contributed by atoms with van der Waals surface area (Å²) in [5.74, 6) is -1.86. The van der Waals surface area contributed by atoms with Crippen molar-refractivity contribution in [2.75, 3.05) is 13.2 Å². The van der Waals surface area contributed by atoms with E-state index in [4.69, 9.17) is 33.2 Å². The molecule has 5 unspecified atom stereocenters. The Morgan fingerprint density at radius 3 is 1.85 bits per heavy atom. The lowest BCUT2D eigenvalue weighted by Gasteiger charge is -2.47. The summed E-state index contributed by atoms with van der Waals surface area (Å²) in [5.41, 5.74) is 0. The van der Waals surface area contributed by atoms with Gasteiger partial charge in [0, 0.05) is 20.3 Å². The van der Waals surface area contributed by atoms with Crippen LogP contribution in [0.5, 0.6) is 0 Å². The first-order valence-electron chi connectivity index (χ1n) is 17.4. The molecule has 0 radical (unpaired) electrons. The molecule has 0 aromatic carbocycles. The number of carbonyl (C=O) groups is 3. The van der Waals surface area contributed by atoms with E-state index in [1.54, 1.807) is 0 Å². The van der Waals surface area contributed by atoms with Crippen molar-refractivity contribution in [3.8, 4) is 0 Å². The number of aliphatic hydroxyl groups excluding tert-OH is 4. The Labute approximate surface area is 283 Å². The average molecular weight is 689 g/mol. The molecule has 4 aliphatic heterocycles. The van der Waals surface area contributed by atoms with Crippen molar-refractivity contribution in [1.82, 2.24) is 0 Å². The van der Waals surface area contributed by atoms with E-state index in [0.717, 1.165) is 64.2 Å². The Kier molecular flexibility index (Phi) is 17.7. The van der Waals surface area contributed by atoms with Crippen LogP contribution in [0.3, 0.4) is 0 Å². The van der Waals surface area contributed by atoms with Gasteiger partial charge in [0.1, 0.15) is 55.9 Å². The van der Waals surface area contributed by atoms with Crippen LogP contribution < -0.4 is 0 Å². The van der Waals surface area contributed by atoms with Crippen LogP contribution in [0.4, 0.5) is 0 Å². The molecule has 0 aliphatic carbocycles. The van der Waals surface area contributed by atoms with Crippen LogP contribution in [0.2, 0.25) is 0 Å². The van der Waals surface area contributed by atoms with Crippen LogP contribution in [-0.4, -0.2) is 119 Å². The number of hydrogen-bond donors (Lipinski definition) is 4. The minimum Gasteiger partial charge on any atom is -0.463 e. The van der Waals surface area contributed by atoms with Crippen LogP contribution >= 0.6 is 0 Å². The fourth-order valence-corrected chi connectivity index (χ4v) is 6.00.